The van der Waals surface area contributed by atoms with Crippen LogP contribution in [0.4, 0.5) is 0 Å². The Hall–Kier alpha value is -0.380. The highest BCUT2D eigenvalue weighted by Crippen LogP contribution is 2.17. The van der Waals surface area contributed by atoms with Gasteiger partial charge in [0.1, 0.15) is 0 Å². The van der Waals surface area contributed by atoms with E-state index in [1.54, 1.807) is 0 Å². The van der Waals surface area contributed by atoms with Gasteiger partial charge in [-0.25, -0.2) is 0 Å². The van der Waals surface area contributed by atoms with Crippen LogP contribution in [0.3, 0.4) is 0 Å². The summed E-state index contributed by atoms with van der Waals surface area (Å²) in [6.45, 7) is 10.4. The number of benzene rings is 1. The molecule has 112 valence electrons. The first-order chi connectivity index (χ1) is 9.65. The predicted molar refractivity (Wildman–Crippen MR) is 90.0 cm³/mol. The molecule has 2 nitrogen and oxygen atoms in total. The lowest BCUT2D eigenvalue weighted by molar-refractivity contribution is 0.199. The van der Waals surface area contributed by atoms with Crippen LogP contribution in [-0.4, -0.2) is 31.1 Å². The number of hydrogen-bond acceptors (Lipinski definition) is 2. The number of likely N-dealkylation sites (tertiary alicyclic amines) is 1. The Morgan fingerprint density at radius 2 is 2.00 bits per heavy atom. The van der Waals surface area contributed by atoms with Gasteiger partial charge in [0.25, 0.3) is 0 Å². The molecule has 20 heavy (non-hydrogen) atoms. The zero-order valence-corrected chi connectivity index (χ0v) is 14.4. The van der Waals surface area contributed by atoms with Crippen LogP contribution in [0.5, 0.6) is 0 Å². The largest absolute Gasteiger partial charge is 0.312 e. The van der Waals surface area contributed by atoms with Gasteiger partial charge in [-0.05, 0) is 62.5 Å². The van der Waals surface area contributed by atoms with Crippen molar-refractivity contribution < 1.29 is 0 Å². The van der Waals surface area contributed by atoms with Crippen LogP contribution in [0.15, 0.2) is 22.7 Å². The van der Waals surface area contributed by atoms with Crippen LogP contribution in [0, 0.1) is 12.8 Å². The molecule has 1 aromatic carbocycles. The van der Waals surface area contributed by atoms with Crippen molar-refractivity contribution in [1.29, 1.82) is 0 Å². The number of aryl methyl sites for hydroxylation is 1. The number of halogens is 1. The van der Waals surface area contributed by atoms with E-state index in [4.69, 9.17) is 0 Å². The lowest BCUT2D eigenvalue weighted by Crippen LogP contribution is -2.36. The van der Waals surface area contributed by atoms with E-state index in [2.05, 4.69) is 58.2 Å². The topological polar surface area (TPSA) is 15.3 Å². The molecule has 0 aromatic heterocycles. The van der Waals surface area contributed by atoms with Crippen LogP contribution < -0.4 is 5.32 Å². The Kier molecular flexibility index (Phi) is 6.53. The zero-order chi connectivity index (χ0) is 14.4. The Balaban J connectivity index is 1.67. The maximum atomic E-state index is 3.60. The Bertz CT molecular complexity index is 413. The molecular formula is C17H27BrN2. The molecule has 1 heterocycles. The number of piperidine rings is 1. The summed E-state index contributed by atoms with van der Waals surface area (Å²) in [5.74, 6) is 0.724. The van der Waals surface area contributed by atoms with E-state index in [1.165, 1.54) is 54.5 Å². The molecule has 1 N–H and O–H groups in total. The van der Waals surface area contributed by atoms with Crippen molar-refractivity contribution >= 4 is 15.9 Å². The summed E-state index contributed by atoms with van der Waals surface area (Å²) in [5, 5.41) is 3.59. The Morgan fingerprint density at radius 3 is 2.70 bits per heavy atom. The molecule has 0 bridgehead atoms. The molecule has 1 atom stereocenters. The van der Waals surface area contributed by atoms with Gasteiger partial charge in [-0.15, -0.1) is 0 Å². The second-order valence-electron chi connectivity index (χ2n) is 6.18. The number of nitrogens with zero attached hydrogens (tertiary/aromatic N) is 1. The predicted octanol–water partition coefficient (Wildman–Crippen LogP) is 3.97. The van der Waals surface area contributed by atoms with Gasteiger partial charge < -0.3 is 10.2 Å². The number of hydrogen-bond donors (Lipinski definition) is 1. The Morgan fingerprint density at radius 1 is 1.25 bits per heavy atom. The van der Waals surface area contributed by atoms with E-state index in [0.717, 1.165) is 19.0 Å². The van der Waals surface area contributed by atoms with Crippen molar-refractivity contribution in [3.8, 4) is 0 Å². The highest BCUT2D eigenvalue weighted by Gasteiger charge is 2.13. The summed E-state index contributed by atoms with van der Waals surface area (Å²) in [6.07, 6.45) is 4.19. The molecular weight excluding hydrogens is 312 g/mol. The van der Waals surface area contributed by atoms with E-state index in [1.807, 2.05) is 0 Å². The molecule has 3 heteroatoms. The monoisotopic (exact) mass is 338 g/mol. The molecule has 2 rings (SSSR count). The summed E-state index contributed by atoms with van der Waals surface area (Å²) in [6, 6.07) is 6.61. The summed E-state index contributed by atoms with van der Waals surface area (Å²) in [4.78, 5) is 2.62. The minimum Gasteiger partial charge on any atom is -0.312 e. The number of rotatable bonds is 6. The number of nitrogens with one attached hydrogen (secondary N) is 1. The minimum absolute atomic E-state index is 0.724. The molecule has 1 aliphatic heterocycles. The van der Waals surface area contributed by atoms with Crippen molar-refractivity contribution in [2.75, 3.05) is 26.2 Å². The van der Waals surface area contributed by atoms with Gasteiger partial charge in [0.15, 0.2) is 0 Å². The van der Waals surface area contributed by atoms with E-state index < -0.39 is 0 Å². The molecule has 1 aliphatic rings. The molecule has 0 radical (unpaired) electrons. The molecule has 0 saturated carbocycles. The van der Waals surface area contributed by atoms with Gasteiger partial charge in [-0.2, -0.15) is 0 Å². The fourth-order valence-electron chi connectivity index (χ4n) is 2.86. The van der Waals surface area contributed by atoms with Gasteiger partial charge in [-0.1, -0.05) is 41.4 Å². The molecule has 0 spiro atoms. The zero-order valence-electron chi connectivity index (χ0n) is 12.8. The molecule has 0 aliphatic carbocycles. The van der Waals surface area contributed by atoms with E-state index in [9.17, 15) is 0 Å². The van der Waals surface area contributed by atoms with Gasteiger partial charge in [0.2, 0.25) is 0 Å². The average molecular weight is 339 g/mol. The van der Waals surface area contributed by atoms with Crippen molar-refractivity contribution in [1.82, 2.24) is 10.2 Å². The maximum absolute atomic E-state index is 3.60. The van der Waals surface area contributed by atoms with Crippen molar-refractivity contribution in [2.45, 2.75) is 39.7 Å². The average Bonchev–Trinajstić information content (AvgIpc) is 2.44. The lowest BCUT2D eigenvalue weighted by Gasteiger charge is -2.29. The third kappa shape index (κ3) is 5.19. The smallest absolute Gasteiger partial charge is 0.0207 e. The fourth-order valence-corrected chi connectivity index (χ4v) is 3.28. The Labute approximate surface area is 132 Å². The summed E-state index contributed by atoms with van der Waals surface area (Å²) < 4.78 is 1.21. The van der Waals surface area contributed by atoms with E-state index in [0.29, 0.717) is 0 Å². The third-order valence-electron chi connectivity index (χ3n) is 4.08. The molecule has 1 unspecified atom stereocenters. The highest BCUT2D eigenvalue weighted by molar-refractivity contribution is 9.10. The van der Waals surface area contributed by atoms with Crippen molar-refractivity contribution in [2.24, 2.45) is 5.92 Å². The summed E-state index contributed by atoms with van der Waals surface area (Å²) in [7, 11) is 0. The highest BCUT2D eigenvalue weighted by atomic mass is 79.9. The van der Waals surface area contributed by atoms with Crippen LogP contribution in [0.1, 0.15) is 37.3 Å². The maximum Gasteiger partial charge on any atom is 0.0207 e. The molecule has 1 aromatic rings. The third-order valence-corrected chi connectivity index (χ3v) is 4.93. The fraction of sp³-hybridized carbons (Fsp3) is 0.647. The first-order valence-electron chi connectivity index (χ1n) is 7.83. The molecule has 1 saturated heterocycles. The van der Waals surface area contributed by atoms with Gasteiger partial charge in [-0.3, -0.25) is 0 Å². The first kappa shape index (κ1) is 16.0. The molecule has 0 amide bonds. The van der Waals surface area contributed by atoms with Crippen LogP contribution in [-0.2, 0) is 6.54 Å². The van der Waals surface area contributed by atoms with Gasteiger partial charge in [0.05, 0.1) is 0 Å². The van der Waals surface area contributed by atoms with Crippen molar-refractivity contribution in [3.05, 3.63) is 33.8 Å². The lowest BCUT2D eigenvalue weighted by atomic mass is 10.1. The summed E-state index contributed by atoms with van der Waals surface area (Å²) >= 11 is 3.60. The van der Waals surface area contributed by atoms with E-state index >= 15 is 0 Å². The van der Waals surface area contributed by atoms with Gasteiger partial charge >= 0.3 is 0 Å². The molecule has 1 fully saturated rings. The van der Waals surface area contributed by atoms with Crippen LogP contribution >= 0.6 is 15.9 Å². The summed E-state index contributed by atoms with van der Waals surface area (Å²) in [5.41, 5.74) is 2.65. The first-order valence-corrected chi connectivity index (χ1v) is 8.62. The SMILES string of the molecule is Cc1ccc(CNCC(C)CN2CCCCC2)cc1Br. The quantitative estimate of drug-likeness (QED) is 0.844. The van der Waals surface area contributed by atoms with Crippen LogP contribution in [0.25, 0.3) is 0 Å². The minimum atomic E-state index is 0.724. The van der Waals surface area contributed by atoms with Gasteiger partial charge in [0, 0.05) is 17.6 Å². The van der Waals surface area contributed by atoms with E-state index in [-0.39, 0.29) is 0 Å². The second kappa shape index (κ2) is 8.16. The normalized spacial score (nSPS) is 18.1. The second-order valence-corrected chi connectivity index (χ2v) is 7.04. The van der Waals surface area contributed by atoms with Crippen LogP contribution in [0.2, 0.25) is 0 Å². The standard InChI is InChI=1S/C17H27BrN2/c1-14(13-20-8-4-3-5-9-20)11-19-12-16-7-6-15(2)17(18)10-16/h6-7,10,14,19H,3-5,8-9,11-13H2,1-2H3. The van der Waals surface area contributed by atoms with Crippen molar-refractivity contribution in [3.63, 3.8) is 0 Å².